The first-order valence-electron chi connectivity index (χ1n) is 4.18. The van der Waals surface area contributed by atoms with Gasteiger partial charge in [-0.3, -0.25) is 0 Å². The summed E-state index contributed by atoms with van der Waals surface area (Å²) in [6.45, 7) is 2.33. The van der Waals surface area contributed by atoms with Gasteiger partial charge in [0.05, 0.1) is 0 Å². The summed E-state index contributed by atoms with van der Waals surface area (Å²) in [5.41, 5.74) is 0. The topological polar surface area (TPSA) is 69.6 Å². The third kappa shape index (κ3) is 5.20. The Morgan fingerprint density at radius 3 is 2.38 bits per heavy atom. The van der Waals surface area contributed by atoms with Crippen molar-refractivity contribution in [1.82, 2.24) is 9.03 Å². The van der Waals surface area contributed by atoms with Crippen LogP contribution >= 0.6 is 0 Å². The summed E-state index contributed by atoms with van der Waals surface area (Å²) in [4.78, 5) is 0. The molecule has 80 valence electrons. The maximum atomic E-state index is 11.2. The maximum Gasteiger partial charge on any atom is 0.278 e. The van der Waals surface area contributed by atoms with E-state index in [2.05, 4.69) is 4.72 Å². The Kier molecular flexibility index (Phi) is 5.46. The largest absolute Gasteiger partial charge is 0.396 e. The molecule has 0 radical (unpaired) electrons. The minimum Gasteiger partial charge on any atom is -0.396 e. The fraction of sp³-hybridized carbons (Fsp3) is 1.00. The van der Waals surface area contributed by atoms with Crippen molar-refractivity contribution in [2.75, 3.05) is 27.2 Å². The second kappa shape index (κ2) is 5.54. The van der Waals surface area contributed by atoms with Crippen LogP contribution < -0.4 is 4.72 Å². The first-order chi connectivity index (χ1) is 5.90. The number of rotatable bonds is 6. The molecule has 0 amide bonds. The molecule has 1 unspecified atom stereocenters. The molecule has 0 fully saturated rings. The van der Waals surface area contributed by atoms with Gasteiger partial charge in [-0.05, 0) is 12.3 Å². The maximum absolute atomic E-state index is 11.2. The molecule has 1 atom stereocenters. The van der Waals surface area contributed by atoms with Crippen LogP contribution in [0.2, 0.25) is 0 Å². The number of nitrogens with zero attached hydrogens (tertiary/aromatic N) is 1. The summed E-state index contributed by atoms with van der Waals surface area (Å²) in [5, 5.41) is 8.59. The van der Waals surface area contributed by atoms with Gasteiger partial charge in [0, 0.05) is 27.2 Å². The molecule has 0 aromatic heterocycles. The molecule has 0 aromatic carbocycles. The molecular formula is C7H18N2O3S. The van der Waals surface area contributed by atoms with Crippen LogP contribution in [0, 0.1) is 5.92 Å². The van der Waals surface area contributed by atoms with Gasteiger partial charge in [-0.1, -0.05) is 6.92 Å². The van der Waals surface area contributed by atoms with Crippen molar-refractivity contribution in [1.29, 1.82) is 0 Å². The molecule has 13 heavy (non-hydrogen) atoms. The van der Waals surface area contributed by atoms with Gasteiger partial charge >= 0.3 is 0 Å². The monoisotopic (exact) mass is 210 g/mol. The van der Waals surface area contributed by atoms with E-state index in [1.165, 1.54) is 14.1 Å². The van der Waals surface area contributed by atoms with Crippen LogP contribution in [-0.2, 0) is 10.2 Å². The summed E-state index contributed by atoms with van der Waals surface area (Å²) in [6, 6.07) is 0. The van der Waals surface area contributed by atoms with Gasteiger partial charge in [0.15, 0.2) is 0 Å². The van der Waals surface area contributed by atoms with Gasteiger partial charge in [0.2, 0.25) is 0 Å². The number of aliphatic hydroxyl groups excluding tert-OH is 1. The Morgan fingerprint density at radius 2 is 2.00 bits per heavy atom. The van der Waals surface area contributed by atoms with E-state index in [1.807, 2.05) is 6.92 Å². The molecule has 2 N–H and O–H groups in total. The van der Waals surface area contributed by atoms with E-state index in [1.54, 1.807) is 0 Å². The van der Waals surface area contributed by atoms with Crippen molar-refractivity contribution >= 4 is 10.2 Å². The predicted octanol–water partition coefficient (Wildman–Crippen LogP) is -0.599. The Bertz CT molecular complexity index is 226. The van der Waals surface area contributed by atoms with Gasteiger partial charge in [-0.25, -0.2) is 4.72 Å². The van der Waals surface area contributed by atoms with Gasteiger partial charge in [0.25, 0.3) is 10.2 Å². The highest BCUT2D eigenvalue weighted by Crippen LogP contribution is 1.99. The third-order valence-electron chi connectivity index (χ3n) is 1.72. The van der Waals surface area contributed by atoms with E-state index in [9.17, 15) is 8.42 Å². The van der Waals surface area contributed by atoms with Crippen LogP contribution in [0.25, 0.3) is 0 Å². The van der Waals surface area contributed by atoms with Crippen molar-refractivity contribution in [3.63, 3.8) is 0 Å². The van der Waals surface area contributed by atoms with Crippen molar-refractivity contribution in [3.05, 3.63) is 0 Å². The lowest BCUT2D eigenvalue weighted by Crippen LogP contribution is -2.38. The summed E-state index contributed by atoms with van der Waals surface area (Å²) in [6.07, 6.45) is 0.607. The van der Waals surface area contributed by atoms with Gasteiger partial charge in [0.1, 0.15) is 0 Å². The summed E-state index contributed by atoms with van der Waals surface area (Å²) >= 11 is 0. The summed E-state index contributed by atoms with van der Waals surface area (Å²) in [5.74, 6) is 0.153. The number of hydrogen-bond acceptors (Lipinski definition) is 3. The van der Waals surface area contributed by atoms with E-state index in [0.29, 0.717) is 13.0 Å². The summed E-state index contributed by atoms with van der Waals surface area (Å²) in [7, 11) is -0.367. The molecule has 0 saturated heterocycles. The molecule has 0 rings (SSSR count). The zero-order valence-electron chi connectivity index (χ0n) is 8.32. The van der Waals surface area contributed by atoms with Crippen molar-refractivity contribution in [2.24, 2.45) is 5.92 Å². The van der Waals surface area contributed by atoms with Crippen molar-refractivity contribution < 1.29 is 13.5 Å². The molecule has 0 aliphatic carbocycles. The summed E-state index contributed by atoms with van der Waals surface area (Å²) < 4.78 is 25.9. The van der Waals surface area contributed by atoms with Gasteiger partial charge in [-0.15, -0.1) is 0 Å². The first-order valence-corrected chi connectivity index (χ1v) is 5.62. The second-order valence-electron chi connectivity index (χ2n) is 3.25. The molecule has 0 aliphatic heterocycles. The van der Waals surface area contributed by atoms with Gasteiger partial charge in [-0.2, -0.15) is 12.7 Å². The van der Waals surface area contributed by atoms with Crippen LogP contribution in [0.15, 0.2) is 0 Å². The zero-order valence-corrected chi connectivity index (χ0v) is 9.13. The molecule has 0 saturated carbocycles. The highest BCUT2D eigenvalue weighted by atomic mass is 32.2. The molecule has 0 spiro atoms. The molecule has 0 heterocycles. The van der Waals surface area contributed by atoms with Crippen LogP contribution in [0.3, 0.4) is 0 Å². The number of aliphatic hydroxyl groups is 1. The predicted molar refractivity (Wildman–Crippen MR) is 51.5 cm³/mol. The van der Waals surface area contributed by atoms with E-state index >= 15 is 0 Å². The van der Waals surface area contributed by atoms with E-state index < -0.39 is 10.2 Å². The number of hydrogen-bond donors (Lipinski definition) is 2. The average Bonchev–Trinajstić information content (AvgIpc) is 2.01. The van der Waals surface area contributed by atoms with Crippen molar-refractivity contribution in [2.45, 2.75) is 13.3 Å². The molecule has 0 aliphatic rings. The quantitative estimate of drug-likeness (QED) is 0.615. The zero-order chi connectivity index (χ0) is 10.5. The smallest absolute Gasteiger partial charge is 0.278 e. The van der Waals surface area contributed by atoms with Crippen LogP contribution in [0.5, 0.6) is 0 Å². The third-order valence-corrected chi connectivity index (χ3v) is 3.21. The molecule has 5 nitrogen and oxygen atoms in total. The lowest BCUT2D eigenvalue weighted by atomic mass is 10.1. The highest BCUT2D eigenvalue weighted by Gasteiger charge is 2.13. The minimum atomic E-state index is -3.31. The standard InChI is InChI=1S/C7H18N2O3S/c1-7(4-5-10)6-8-13(11,12)9(2)3/h7-8,10H,4-6H2,1-3H3. The fourth-order valence-corrected chi connectivity index (χ4v) is 1.45. The number of nitrogens with one attached hydrogen (secondary N) is 1. The van der Waals surface area contributed by atoms with Crippen LogP contribution in [0.1, 0.15) is 13.3 Å². The van der Waals surface area contributed by atoms with E-state index in [4.69, 9.17) is 5.11 Å². The molecular weight excluding hydrogens is 192 g/mol. The van der Waals surface area contributed by atoms with Crippen molar-refractivity contribution in [3.8, 4) is 0 Å². The first kappa shape index (κ1) is 12.8. The Hall–Kier alpha value is -0.170. The molecule has 0 bridgehead atoms. The van der Waals surface area contributed by atoms with Crippen LogP contribution in [-0.4, -0.2) is 45.1 Å². The SMILES string of the molecule is CC(CCO)CNS(=O)(=O)N(C)C. The van der Waals surface area contributed by atoms with E-state index in [-0.39, 0.29) is 12.5 Å². The average molecular weight is 210 g/mol. The van der Waals surface area contributed by atoms with Gasteiger partial charge < -0.3 is 5.11 Å². The highest BCUT2D eigenvalue weighted by molar-refractivity contribution is 7.87. The lowest BCUT2D eigenvalue weighted by Gasteiger charge is -2.15. The Balaban J connectivity index is 3.89. The lowest BCUT2D eigenvalue weighted by molar-refractivity contribution is 0.262. The fourth-order valence-electron chi connectivity index (χ4n) is 0.699. The van der Waals surface area contributed by atoms with E-state index in [0.717, 1.165) is 4.31 Å². The normalized spacial score (nSPS) is 14.8. The Morgan fingerprint density at radius 1 is 1.46 bits per heavy atom. The van der Waals surface area contributed by atoms with Crippen LogP contribution in [0.4, 0.5) is 0 Å². The Labute approximate surface area is 79.9 Å². The second-order valence-corrected chi connectivity index (χ2v) is 5.22. The molecule has 0 aromatic rings. The molecule has 6 heteroatoms. The minimum absolute atomic E-state index is 0.0882.